The van der Waals surface area contributed by atoms with Gasteiger partial charge in [-0.15, -0.1) is 0 Å². The summed E-state index contributed by atoms with van der Waals surface area (Å²) in [6, 6.07) is 12.1. The molecule has 30 heavy (non-hydrogen) atoms. The summed E-state index contributed by atoms with van der Waals surface area (Å²) < 4.78 is 37.4. The second-order valence-corrected chi connectivity index (χ2v) is 8.91. The first-order valence-corrected chi connectivity index (χ1v) is 10.8. The van der Waals surface area contributed by atoms with Crippen molar-refractivity contribution in [2.45, 2.75) is 11.8 Å². The van der Waals surface area contributed by atoms with Crippen molar-refractivity contribution in [2.24, 2.45) is 0 Å². The Hall–Kier alpha value is -3.01. The second-order valence-electron chi connectivity index (χ2n) is 6.97. The molecule has 0 bridgehead atoms. The molecule has 1 saturated heterocycles. The molecule has 0 aliphatic carbocycles. The molecular weight excluding hydrogens is 408 g/mol. The van der Waals surface area contributed by atoms with E-state index in [1.54, 1.807) is 18.2 Å². The number of anilines is 1. The van der Waals surface area contributed by atoms with Crippen LogP contribution in [0.5, 0.6) is 0 Å². The van der Waals surface area contributed by atoms with Crippen molar-refractivity contribution in [3.8, 4) is 0 Å². The van der Waals surface area contributed by atoms with Crippen LogP contribution >= 0.6 is 0 Å². The number of rotatable bonds is 4. The Morgan fingerprint density at radius 3 is 2.43 bits per heavy atom. The molecule has 2 aromatic carbocycles. The number of aryl methyl sites for hydroxylation is 1. The van der Waals surface area contributed by atoms with Gasteiger partial charge in [-0.2, -0.15) is 4.31 Å². The van der Waals surface area contributed by atoms with Gasteiger partial charge in [0.15, 0.2) is 11.2 Å². The number of carbonyl (C=O) groups excluding carboxylic acids is 1. The number of hydrogen-bond acceptors (Lipinski definition) is 6. The largest absolute Gasteiger partial charge is 0.451 e. The summed E-state index contributed by atoms with van der Waals surface area (Å²) in [5, 5.41) is 3.03. The SMILES string of the molecule is Cc1ccc2oc(C(=O)Nc3ccc(S(=O)(=O)N4CCOCC4)cc3)cc(=O)c2c1. The molecule has 1 fully saturated rings. The van der Waals surface area contributed by atoms with Crippen molar-refractivity contribution >= 4 is 32.6 Å². The summed E-state index contributed by atoms with van der Waals surface area (Å²) in [4.78, 5) is 24.9. The zero-order valence-corrected chi connectivity index (χ0v) is 17.1. The summed E-state index contributed by atoms with van der Waals surface area (Å²) in [7, 11) is -3.61. The van der Waals surface area contributed by atoms with Gasteiger partial charge in [0.25, 0.3) is 5.91 Å². The molecule has 1 aromatic heterocycles. The van der Waals surface area contributed by atoms with E-state index in [2.05, 4.69) is 5.32 Å². The van der Waals surface area contributed by atoms with Crippen molar-refractivity contribution in [1.29, 1.82) is 0 Å². The first kappa shape index (κ1) is 20.3. The van der Waals surface area contributed by atoms with Gasteiger partial charge in [-0.05, 0) is 43.3 Å². The number of nitrogens with one attached hydrogen (secondary N) is 1. The summed E-state index contributed by atoms with van der Waals surface area (Å²) in [6.07, 6.45) is 0. The summed E-state index contributed by atoms with van der Waals surface area (Å²) in [5.41, 5.74) is 1.31. The highest BCUT2D eigenvalue weighted by Gasteiger charge is 2.26. The van der Waals surface area contributed by atoms with Crippen LogP contribution in [0.2, 0.25) is 0 Å². The van der Waals surface area contributed by atoms with Crippen LogP contribution in [0.15, 0.2) is 62.6 Å². The van der Waals surface area contributed by atoms with E-state index in [-0.39, 0.29) is 16.1 Å². The lowest BCUT2D eigenvalue weighted by molar-refractivity contribution is 0.0730. The molecule has 1 aliphatic rings. The minimum atomic E-state index is -3.61. The normalized spacial score (nSPS) is 15.2. The molecule has 0 saturated carbocycles. The molecule has 3 aromatic rings. The predicted octanol–water partition coefficient (Wildman–Crippen LogP) is 2.37. The van der Waals surface area contributed by atoms with Crippen molar-refractivity contribution in [3.05, 3.63) is 70.1 Å². The van der Waals surface area contributed by atoms with E-state index in [0.717, 1.165) is 11.6 Å². The molecule has 0 unspecified atom stereocenters. The minimum Gasteiger partial charge on any atom is -0.451 e. The van der Waals surface area contributed by atoms with Gasteiger partial charge < -0.3 is 14.5 Å². The highest BCUT2D eigenvalue weighted by Crippen LogP contribution is 2.20. The summed E-state index contributed by atoms with van der Waals surface area (Å²) >= 11 is 0. The smallest absolute Gasteiger partial charge is 0.291 e. The Morgan fingerprint density at radius 1 is 1.03 bits per heavy atom. The predicted molar refractivity (Wildman–Crippen MR) is 111 cm³/mol. The third kappa shape index (κ3) is 4.00. The lowest BCUT2D eigenvalue weighted by Gasteiger charge is -2.26. The molecule has 4 rings (SSSR count). The topological polar surface area (TPSA) is 106 Å². The number of carbonyl (C=O) groups is 1. The highest BCUT2D eigenvalue weighted by molar-refractivity contribution is 7.89. The first-order chi connectivity index (χ1) is 14.3. The molecule has 1 aliphatic heterocycles. The van der Waals surface area contributed by atoms with Gasteiger partial charge in [0.05, 0.1) is 23.5 Å². The quantitative estimate of drug-likeness (QED) is 0.684. The molecule has 0 atom stereocenters. The van der Waals surface area contributed by atoms with Gasteiger partial charge in [0.2, 0.25) is 10.0 Å². The monoisotopic (exact) mass is 428 g/mol. The van der Waals surface area contributed by atoms with Crippen LogP contribution in [0, 0.1) is 6.92 Å². The number of nitrogens with zero attached hydrogens (tertiary/aromatic N) is 1. The molecule has 2 heterocycles. The van der Waals surface area contributed by atoms with Crippen LogP contribution in [0.3, 0.4) is 0 Å². The number of ether oxygens (including phenoxy) is 1. The number of sulfonamides is 1. The molecule has 1 amide bonds. The number of fused-ring (bicyclic) bond motifs is 1. The number of amides is 1. The van der Waals surface area contributed by atoms with Crippen LogP contribution in [-0.2, 0) is 14.8 Å². The Kier molecular flexibility index (Phi) is 5.42. The number of morpholine rings is 1. The van der Waals surface area contributed by atoms with Gasteiger partial charge in [-0.3, -0.25) is 9.59 Å². The first-order valence-electron chi connectivity index (χ1n) is 9.38. The van der Waals surface area contributed by atoms with Crippen molar-refractivity contribution in [3.63, 3.8) is 0 Å². The second kappa shape index (κ2) is 8.02. The lowest BCUT2D eigenvalue weighted by Crippen LogP contribution is -2.40. The number of hydrogen-bond donors (Lipinski definition) is 1. The molecule has 9 heteroatoms. The van der Waals surface area contributed by atoms with Gasteiger partial charge in [-0.25, -0.2) is 8.42 Å². The molecule has 1 N–H and O–H groups in total. The third-order valence-electron chi connectivity index (χ3n) is 4.83. The maximum absolute atomic E-state index is 12.7. The van der Waals surface area contributed by atoms with E-state index in [9.17, 15) is 18.0 Å². The van der Waals surface area contributed by atoms with E-state index < -0.39 is 15.9 Å². The summed E-state index contributed by atoms with van der Waals surface area (Å²) in [6.45, 7) is 3.21. The standard InChI is InChI=1S/C21H20N2O6S/c1-14-2-7-19-17(12-14)18(24)13-20(29-19)21(25)22-15-3-5-16(6-4-15)30(26,27)23-8-10-28-11-9-23/h2-7,12-13H,8-11H2,1H3,(H,22,25). The molecule has 0 radical (unpaired) electrons. The fourth-order valence-electron chi connectivity index (χ4n) is 3.22. The van der Waals surface area contributed by atoms with Gasteiger partial charge >= 0.3 is 0 Å². The Morgan fingerprint density at radius 2 is 1.73 bits per heavy atom. The fraction of sp³-hybridized carbons (Fsp3) is 0.238. The fourth-order valence-corrected chi connectivity index (χ4v) is 4.63. The highest BCUT2D eigenvalue weighted by atomic mass is 32.2. The van der Waals surface area contributed by atoms with Crippen LogP contribution < -0.4 is 10.7 Å². The Balaban J connectivity index is 1.53. The lowest BCUT2D eigenvalue weighted by atomic mass is 10.1. The van der Waals surface area contributed by atoms with Crippen LogP contribution in [-0.4, -0.2) is 44.9 Å². The average Bonchev–Trinajstić information content (AvgIpc) is 2.75. The van der Waals surface area contributed by atoms with E-state index in [0.29, 0.717) is 43.0 Å². The molecule has 0 spiro atoms. The van der Waals surface area contributed by atoms with Crippen molar-refractivity contribution in [2.75, 3.05) is 31.6 Å². The van der Waals surface area contributed by atoms with Gasteiger partial charge in [0.1, 0.15) is 5.58 Å². The average molecular weight is 428 g/mol. The Labute approximate surface area is 173 Å². The van der Waals surface area contributed by atoms with Crippen molar-refractivity contribution in [1.82, 2.24) is 4.31 Å². The van der Waals surface area contributed by atoms with E-state index >= 15 is 0 Å². The van der Waals surface area contributed by atoms with Crippen LogP contribution in [0.25, 0.3) is 11.0 Å². The minimum absolute atomic E-state index is 0.124. The van der Waals surface area contributed by atoms with E-state index in [4.69, 9.17) is 9.15 Å². The Bertz CT molecular complexity index is 1260. The zero-order chi connectivity index (χ0) is 21.3. The van der Waals surface area contributed by atoms with Crippen LogP contribution in [0.1, 0.15) is 16.1 Å². The third-order valence-corrected chi connectivity index (χ3v) is 6.74. The van der Waals surface area contributed by atoms with Gasteiger partial charge in [-0.1, -0.05) is 11.6 Å². The van der Waals surface area contributed by atoms with Crippen molar-refractivity contribution < 1.29 is 22.4 Å². The maximum Gasteiger partial charge on any atom is 0.291 e. The van der Waals surface area contributed by atoms with Crippen LogP contribution in [0.4, 0.5) is 5.69 Å². The molecule has 8 nitrogen and oxygen atoms in total. The number of benzene rings is 2. The molecular formula is C21H20N2O6S. The van der Waals surface area contributed by atoms with Gasteiger partial charge in [0, 0.05) is 24.8 Å². The van der Waals surface area contributed by atoms with E-state index in [1.165, 1.54) is 28.6 Å². The summed E-state index contributed by atoms with van der Waals surface area (Å²) in [5.74, 6) is -0.722. The molecule has 156 valence electrons. The van der Waals surface area contributed by atoms with E-state index in [1.807, 2.05) is 6.92 Å². The zero-order valence-electron chi connectivity index (χ0n) is 16.3. The maximum atomic E-state index is 12.7.